The Morgan fingerprint density at radius 3 is 2.86 bits per heavy atom. The van der Waals surface area contributed by atoms with Crippen molar-refractivity contribution < 1.29 is 0 Å². The monoisotopic (exact) mass is 191 g/mol. The van der Waals surface area contributed by atoms with E-state index in [9.17, 15) is 0 Å². The first-order valence-electron chi connectivity index (χ1n) is 5.30. The molecule has 0 bridgehead atoms. The first-order valence-corrected chi connectivity index (χ1v) is 5.30. The molecule has 0 aromatic carbocycles. The van der Waals surface area contributed by atoms with Gasteiger partial charge in [0.1, 0.15) is 0 Å². The van der Waals surface area contributed by atoms with Crippen LogP contribution in [0.1, 0.15) is 18.5 Å². The van der Waals surface area contributed by atoms with E-state index in [4.69, 9.17) is 0 Å². The van der Waals surface area contributed by atoms with Crippen LogP contribution >= 0.6 is 0 Å². The van der Waals surface area contributed by atoms with Crippen LogP contribution in [0, 0.1) is 5.92 Å². The lowest BCUT2D eigenvalue weighted by molar-refractivity contribution is 0.218. The molecule has 3 nitrogen and oxygen atoms in total. The summed E-state index contributed by atoms with van der Waals surface area (Å²) in [4.78, 5) is 2.40. The Balaban J connectivity index is 1.87. The molecule has 0 amide bonds. The van der Waals surface area contributed by atoms with E-state index in [1.165, 1.54) is 25.9 Å². The number of nitrogens with zero attached hydrogens (tertiary/aromatic N) is 3. The highest BCUT2D eigenvalue weighted by Crippen LogP contribution is 2.19. The van der Waals surface area contributed by atoms with Gasteiger partial charge in [-0.15, -0.1) is 0 Å². The van der Waals surface area contributed by atoms with Crippen LogP contribution in [-0.2, 0) is 6.42 Å². The van der Waals surface area contributed by atoms with Crippen LogP contribution in [0.15, 0.2) is 18.3 Å². The van der Waals surface area contributed by atoms with E-state index in [-0.39, 0.29) is 0 Å². The van der Waals surface area contributed by atoms with Crippen molar-refractivity contribution in [2.75, 3.05) is 20.1 Å². The van der Waals surface area contributed by atoms with E-state index >= 15 is 0 Å². The SMILES string of the molecule is CN1CCC(Cc2cccnn2)CC1. The summed E-state index contributed by atoms with van der Waals surface area (Å²) in [5.74, 6) is 0.808. The van der Waals surface area contributed by atoms with Crippen molar-refractivity contribution in [2.24, 2.45) is 5.92 Å². The Labute approximate surface area is 85.1 Å². The average Bonchev–Trinajstić information content (AvgIpc) is 2.23. The van der Waals surface area contributed by atoms with Crippen molar-refractivity contribution in [1.29, 1.82) is 0 Å². The number of aromatic nitrogens is 2. The van der Waals surface area contributed by atoms with Crippen molar-refractivity contribution in [2.45, 2.75) is 19.3 Å². The zero-order valence-electron chi connectivity index (χ0n) is 8.69. The van der Waals surface area contributed by atoms with Crippen molar-refractivity contribution in [3.63, 3.8) is 0 Å². The molecule has 2 rings (SSSR count). The predicted octanol–water partition coefficient (Wildman–Crippen LogP) is 1.36. The lowest BCUT2D eigenvalue weighted by Crippen LogP contribution is -2.31. The second-order valence-electron chi connectivity index (χ2n) is 4.17. The van der Waals surface area contributed by atoms with Gasteiger partial charge in [0.05, 0.1) is 5.69 Å². The molecule has 0 unspecified atom stereocenters. The molecular formula is C11H17N3. The number of likely N-dealkylation sites (tertiary alicyclic amines) is 1. The first-order chi connectivity index (χ1) is 6.84. The third-order valence-electron chi connectivity index (χ3n) is 2.96. The highest BCUT2D eigenvalue weighted by atomic mass is 15.1. The van der Waals surface area contributed by atoms with E-state index in [2.05, 4.69) is 28.2 Å². The van der Waals surface area contributed by atoms with E-state index in [1.807, 2.05) is 6.07 Å². The Morgan fingerprint density at radius 2 is 2.21 bits per heavy atom. The summed E-state index contributed by atoms with van der Waals surface area (Å²) in [6, 6.07) is 4.04. The van der Waals surface area contributed by atoms with Gasteiger partial charge in [-0.2, -0.15) is 10.2 Å². The van der Waals surface area contributed by atoms with Crippen molar-refractivity contribution in [1.82, 2.24) is 15.1 Å². The van der Waals surface area contributed by atoms with E-state index in [0.717, 1.165) is 18.0 Å². The fourth-order valence-corrected chi connectivity index (χ4v) is 2.00. The van der Waals surface area contributed by atoms with E-state index in [1.54, 1.807) is 6.20 Å². The zero-order valence-corrected chi connectivity index (χ0v) is 8.69. The Bertz CT molecular complexity index is 265. The van der Waals surface area contributed by atoms with Crippen LogP contribution in [0.3, 0.4) is 0 Å². The fraction of sp³-hybridized carbons (Fsp3) is 0.636. The minimum Gasteiger partial charge on any atom is -0.306 e. The summed E-state index contributed by atoms with van der Waals surface area (Å²) in [6.45, 7) is 2.45. The van der Waals surface area contributed by atoms with Crippen LogP contribution in [0.4, 0.5) is 0 Å². The van der Waals surface area contributed by atoms with Crippen LogP contribution in [0.25, 0.3) is 0 Å². The summed E-state index contributed by atoms with van der Waals surface area (Å²) in [7, 11) is 2.19. The summed E-state index contributed by atoms with van der Waals surface area (Å²) in [5, 5.41) is 8.03. The molecule has 76 valence electrons. The number of rotatable bonds is 2. The van der Waals surface area contributed by atoms with Crippen LogP contribution in [0.2, 0.25) is 0 Å². The van der Waals surface area contributed by atoms with Crippen molar-refractivity contribution >= 4 is 0 Å². The molecule has 0 aliphatic carbocycles. The van der Waals surface area contributed by atoms with Gasteiger partial charge in [0.15, 0.2) is 0 Å². The quantitative estimate of drug-likeness (QED) is 0.707. The molecule has 0 N–H and O–H groups in total. The highest BCUT2D eigenvalue weighted by Gasteiger charge is 2.17. The van der Waals surface area contributed by atoms with Crippen molar-refractivity contribution in [3.8, 4) is 0 Å². The van der Waals surface area contributed by atoms with Crippen LogP contribution in [0.5, 0.6) is 0 Å². The molecule has 1 aliphatic rings. The molecule has 14 heavy (non-hydrogen) atoms. The number of piperidine rings is 1. The van der Waals surface area contributed by atoms with Gasteiger partial charge in [-0.25, -0.2) is 0 Å². The summed E-state index contributed by atoms with van der Waals surface area (Å²) in [5.41, 5.74) is 1.14. The van der Waals surface area contributed by atoms with E-state index in [0.29, 0.717) is 0 Å². The van der Waals surface area contributed by atoms with E-state index < -0.39 is 0 Å². The molecule has 1 aromatic rings. The van der Waals surface area contributed by atoms with Gasteiger partial charge in [0.2, 0.25) is 0 Å². The van der Waals surface area contributed by atoms with Gasteiger partial charge in [-0.1, -0.05) is 0 Å². The van der Waals surface area contributed by atoms with Gasteiger partial charge in [-0.05, 0) is 57.5 Å². The molecule has 1 saturated heterocycles. The number of hydrogen-bond acceptors (Lipinski definition) is 3. The average molecular weight is 191 g/mol. The van der Waals surface area contributed by atoms with Crippen LogP contribution < -0.4 is 0 Å². The van der Waals surface area contributed by atoms with Gasteiger partial charge < -0.3 is 4.90 Å². The van der Waals surface area contributed by atoms with Crippen LogP contribution in [-0.4, -0.2) is 35.2 Å². The zero-order chi connectivity index (χ0) is 9.80. The maximum absolute atomic E-state index is 4.13. The normalized spacial score (nSPS) is 19.8. The molecule has 2 heterocycles. The third kappa shape index (κ3) is 2.51. The maximum Gasteiger partial charge on any atom is 0.0633 e. The third-order valence-corrected chi connectivity index (χ3v) is 2.96. The van der Waals surface area contributed by atoms with Gasteiger partial charge in [0.25, 0.3) is 0 Å². The molecule has 1 aromatic heterocycles. The topological polar surface area (TPSA) is 29.0 Å². The lowest BCUT2D eigenvalue weighted by Gasteiger charge is -2.28. The molecule has 0 atom stereocenters. The Kier molecular flexibility index (Phi) is 3.09. The molecule has 0 spiro atoms. The predicted molar refractivity (Wildman–Crippen MR) is 56.0 cm³/mol. The Morgan fingerprint density at radius 1 is 1.43 bits per heavy atom. The fourth-order valence-electron chi connectivity index (χ4n) is 2.00. The minimum absolute atomic E-state index is 0.808. The second kappa shape index (κ2) is 4.51. The smallest absolute Gasteiger partial charge is 0.0633 e. The largest absolute Gasteiger partial charge is 0.306 e. The first kappa shape index (κ1) is 9.59. The lowest BCUT2D eigenvalue weighted by atomic mass is 9.92. The molecule has 3 heteroatoms. The molecule has 0 saturated carbocycles. The Hall–Kier alpha value is -0.960. The van der Waals surface area contributed by atoms with Gasteiger partial charge >= 0.3 is 0 Å². The maximum atomic E-state index is 4.13. The second-order valence-corrected chi connectivity index (χ2v) is 4.17. The minimum atomic E-state index is 0.808. The molecule has 0 radical (unpaired) electrons. The van der Waals surface area contributed by atoms with Gasteiger partial charge in [0, 0.05) is 6.20 Å². The summed E-state index contributed by atoms with van der Waals surface area (Å²) in [6.07, 6.45) is 5.43. The molecular weight excluding hydrogens is 174 g/mol. The molecule has 1 fully saturated rings. The highest BCUT2D eigenvalue weighted by molar-refractivity contribution is 5.00. The van der Waals surface area contributed by atoms with Crippen molar-refractivity contribution in [3.05, 3.63) is 24.0 Å². The summed E-state index contributed by atoms with van der Waals surface area (Å²) >= 11 is 0. The van der Waals surface area contributed by atoms with Gasteiger partial charge in [-0.3, -0.25) is 0 Å². The summed E-state index contributed by atoms with van der Waals surface area (Å²) < 4.78 is 0. The standard InChI is InChI=1S/C11H17N3/c1-14-7-4-10(5-8-14)9-11-3-2-6-12-13-11/h2-3,6,10H,4-5,7-9H2,1H3. The molecule has 1 aliphatic heterocycles. The number of hydrogen-bond donors (Lipinski definition) is 0.